The Hall–Kier alpha value is -0.480. The maximum Gasteiger partial charge on any atom is 0.0146 e. The van der Waals surface area contributed by atoms with Crippen molar-refractivity contribution in [3.63, 3.8) is 0 Å². The number of unbranched alkanes of at least 4 members (excludes halogenated alkanes) is 3. The standard InChI is InChI=1S/C15H29N/c1-14(2)11-9-7-6-8-10-12-16-13-15(3,4)5/h14,16H,6-8,10,12-13H2,1-5H3. The summed E-state index contributed by atoms with van der Waals surface area (Å²) in [6, 6.07) is 0. The number of nitrogens with one attached hydrogen (secondary N) is 1. The highest BCUT2D eigenvalue weighted by Gasteiger charge is 2.07. The third-order valence-electron chi connectivity index (χ3n) is 2.20. The van der Waals surface area contributed by atoms with Crippen LogP contribution in [-0.4, -0.2) is 13.1 Å². The van der Waals surface area contributed by atoms with Crippen molar-refractivity contribution >= 4 is 0 Å². The highest BCUT2D eigenvalue weighted by Crippen LogP contribution is 2.10. The van der Waals surface area contributed by atoms with Crippen LogP contribution >= 0.6 is 0 Å². The molecule has 0 aliphatic rings. The van der Waals surface area contributed by atoms with Crippen LogP contribution in [0.4, 0.5) is 0 Å². The van der Waals surface area contributed by atoms with Crippen LogP contribution < -0.4 is 5.32 Å². The van der Waals surface area contributed by atoms with Crippen LogP contribution in [0.3, 0.4) is 0 Å². The van der Waals surface area contributed by atoms with Crippen LogP contribution in [0.5, 0.6) is 0 Å². The molecule has 0 amide bonds. The van der Waals surface area contributed by atoms with Crippen LogP contribution in [0.1, 0.15) is 60.3 Å². The predicted octanol–water partition coefficient (Wildman–Crippen LogP) is 3.84. The van der Waals surface area contributed by atoms with Crippen molar-refractivity contribution in [2.45, 2.75) is 60.3 Å². The Morgan fingerprint density at radius 3 is 2.31 bits per heavy atom. The lowest BCUT2D eigenvalue weighted by Gasteiger charge is -2.18. The first-order valence-corrected chi connectivity index (χ1v) is 6.61. The topological polar surface area (TPSA) is 12.0 Å². The summed E-state index contributed by atoms with van der Waals surface area (Å²) < 4.78 is 0. The Kier molecular flexibility index (Phi) is 8.39. The molecule has 0 heterocycles. The third kappa shape index (κ3) is 13.5. The van der Waals surface area contributed by atoms with E-state index in [0.29, 0.717) is 11.3 Å². The molecule has 0 spiro atoms. The largest absolute Gasteiger partial charge is 0.316 e. The molecule has 0 rings (SSSR count). The summed E-state index contributed by atoms with van der Waals surface area (Å²) in [6.07, 6.45) is 4.89. The summed E-state index contributed by atoms with van der Waals surface area (Å²) in [5.41, 5.74) is 0.405. The maximum absolute atomic E-state index is 3.50. The van der Waals surface area contributed by atoms with Crippen LogP contribution in [0.25, 0.3) is 0 Å². The van der Waals surface area contributed by atoms with E-state index in [4.69, 9.17) is 0 Å². The van der Waals surface area contributed by atoms with Crippen molar-refractivity contribution in [2.24, 2.45) is 11.3 Å². The monoisotopic (exact) mass is 223 g/mol. The lowest BCUT2D eigenvalue weighted by atomic mass is 9.97. The fourth-order valence-electron chi connectivity index (χ4n) is 1.38. The second kappa shape index (κ2) is 8.65. The van der Waals surface area contributed by atoms with Gasteiger partial charge in [0.15, 0.2) is 0 Å². The highest BCUT2D eigenvalue weighted by molar-refractivity contribution is 5.00. The summed E-state index contributed by atoms with van der Waals surface area (Å²) >= 11 is 0. The van der Waals surface area contributed by atoms with Crippen molar-refractivity contribution in [2.75, 3.05) is 13.1 Å². The zero-order valence-corrected chi connectivity index (χ0v) is 11.8. The summed E-state index contributed by atoms with van der Waals surface area (Å²) in [5, 5.41) is 3.50. The zero-order valence-electron chi connectivity index (χ0n) is 11.8. The minimum absolute atomic E-state index is 0.405. The van der Waals surface area contributed by atoms with Gasteiger partial charge in [0.05, 0.1) is 0 Å². The Morgan fingerprint density at radius 2 is 1.75 bits per heavy atom. The van der Waals surface area contributed by atoms with Gasteiger partial charge in [0.1, 0.15) is 0 Å². The van der Waals surface area contributed by atoms with Crippen molar-refractivity contribution in [3.05, 3.63) is 0 Å². The van der Waals surface area contributed by atoms with Crippen molar-refractivity contribution < 1.29 is 0 Å². The molecule has 0 radical (unpaired) electrons. The first kappa shape index (κ1) is 15.5. The minimum atomic E-state index is 0.405. The lowest BCUT2D eigenvalue weighted by Crippen LogP contribution is -2.27. The predicted molar refractivity (Wildman–Crippen MR) is 73.4 cm³/mol. The van der Waals surface area contributed by atoms with E-state index >= 15 is 0 Å². The van der Waals surface area contributed by atoms with Gasteiger partial charge in [-0.3, -0.25) is 0 Å². The summed E-state index contributed by atoms with van der Waals surface area (Å²) in [5.74, 6) is 6.95. The van der Waals surface area contributed by atoms with Gasteiger partial charge in [0.25, 0.3) is 0 Å². The molecule has 0 aliphatic heterocycles. The van der Waals surface area contributed by atoms with E-state index in [-0.39, 0.29) is 0 Å². The first-order valence-electron chi connectivity index (χ1n) is 6.61. The third-order valence-corrected chi connectivity index (χ3v) is 2.20. The zero-order chi connectivity index (χ0) is 12.4. The van der Waals surface area contributed by atoms with Gasteiger partial charge in [-0.1, -0.05) is 41.0 Å². The lowest BCUT2D eigenvalue weighted by molar-refractivity contribution is 0.377. The van der Waals surface area contributed by atoms with Crippen LogP contribution in [-0.2, 0) is 0 Å². The van der Waals surface area contributed by atoms with E-state index in [2.05, 4.69) is 51.8 Å². The number of hydrogen-bond acceptors (Lipinski definition) is 1. The Morgan fingerprint density at radius 1 is 1.06 bits per heavy atom. The second-order valence-electron chi connectivity index (χ2n) is 6.02. The van der Waals surface area contributed by atoms with E-state index < -0.39 is 0 Å². The summed E-state index contributed by atoms with van der Waals surface area (Å²) in [7, 11) is 0. The van der Waals surface area contributed by atoms with E-state index in [1.807, 2.05) is 0 Å². The van der Waals surface area contributed by atoms with Gasteiger partial charge in [-0.25, -0.2) is 0 Å². The highest BCUT2D eigenvalue weighted by atomic mass is 14.9. The summed E-state index contributed by atoms with van der Waals surface area (Å²) in [4.78, 5) is 0. The van der Waals surface area contributed by atoms with Gasteiger partial charge >= 0.3 is 0 Å². The number of rotatable bonds is 6. The van der Waals surface area contributed by atoms with Crippen molar-refractivity contribution in [3.8, 4) is 11.8 Å². The Balaban J connectivity index is 3.20. The van der Waals surface area contributed by atoms with Crippen LogP contribution in [0, 0.1) is 23.2 Å². The van der Waals surface area contributed by atoms with Crippen molar-refractivity contribution in [1.82, 2.24) is 5.32 Å². The fourth-order valence-corrected chi connectivity index (χ4v) is 1.38. The molecule has 0 bridgehead atoms. The molecule has 94 valence electrons. The minimum Gasteiger partial charge on any atom is -0.316 e. The van der Waals surface area contributed by atoms with Gasteiger partial charge in [-0.05, 0) is 31.3 Å². The molecule has 0 aromatic carbocycles. The average molecular weight is 223 g/mol. The molecular weight excluding hydrogens is 194 g/mol. The molecule has 0 saturated carbocycles. The molecule has 0 unspecified atom stereocenters. The maximum atomic E-state index is 3.50. The van der Waals surface area contributed by atoms with Gasteiger partial charge in [0, 0.05) is 12.3 Å². The SMILES string of the molecule is CC(C)C#CCCCCCNCC(C)(C)C. The quantitative estimate of drug-likeness (QED) is 0.533. The normalized spacial score (nSPS) is 11.4. The van der Waals surface area contributed by atoms with E-state index in [0.717, 1.165) is 19.5 Å². The molecule has 1 N–H and O–H groups in total. The molecular formula is C15H29N. The molecule has 0 atom stereocenters. The molecule has 0 fully saturated rings. The van der Waals surface area contributed by atoms with E-state index in [1.54, 1.807) is 0 Å². The number of hydrogen-bond donors (Lipinski definition) is 1. The van der Waals surface area contributed by atoms with Gasteiger partial charge in [0.2, 0.25) is 0 Å². The van der Waals surface area contributed by atoms with Gasteiger partial charge in [-0.15, -0.1) is 11.8 Å². The molecule has 1 heteroatoms. The molecule has 0 aliphatic carbocycles. The smallest absolute Gasteiger partial charge is 0.0146 e. The van der Waals surface area contributed by atoms with Crippen LogP contribution in [0.2, 0.25) is 0 Å². The Bertz CT molecular complexity index is 212. The summed E-state index contributed by atoms with van der Waals surface area (Å²) in [6.45, 7) is 13.3. The van der Waals surface area contributed by atoms with E-state index in [9.17, 15) is 0 Å². The average Bonchev–Trinajstić information content (AvgIpc) is 2.13. The van der Waals surface area contributed by atoms with Gasteiger partial charge < -0.3 is 5.32 Å². The second-order valence-corrected chi connectivity index (χ2v) is 6.02. The fraction of sp³-hybridized carbons (Fsp3) is 0.867. The molecule has 0 saturated heterocycles. The van der Waals surface area contributed by atoms with Crippen molar-refractivity contribution in [1.29, 1.82) is 0 Å². The molecule has 16 heavy (non-hydrogen) atoms. The van der Waals surface area contributed by atoms with E-state index in [1.165, 1.54) is 19.3 Å². The van der Waals surface area contributed by atoms with Gasteiger partial charge in [-0.2, -0.15) is 0 Å². The molecule has 1 nitrogen and oxygen atoms in total. The molecule has 0 aromatic heterocycles. The molecule has 0 aromatic rings. The Labute approximate surface area is 102 Å². The first-order chi connectivity index (χ1) is 7.42. The van der Waals surface area contributed by atoms with Crippen LogP contribution in [0.15, 0.2) is 0 Å².